The Kier molecular flexibility index (Phi) is 6.64. The van der Waals surface area contributed by atoms with Gasteiger partial charge in [0.2, 0.25) is 5.91 Å². The molecule has 0 rings (SSSR count). The summed E-state index contributed by atoms with van der Waals surface area (Å²) in [6, 6.07) is 0. The van der Waals surface area contributed by atoms with E-state index in [4.69, 9.17) is 15.6 Å². The van der Waals surface area contributed by atoms with E-state index in [9.17, 15) is 9.59 Å². The van der Waals surface area contributed by atoms with Gasteiger partial charge in [0.15, 0.2) is 0 Å². The van der Waals surface area contributed by atoms with Crippen molar-refractivity contribution < 1.29 is 19.4 Å². The summed E-state index contributed by atoms with van der Waals surface area (Å²) in [6.45, 7) is 2.06. The van der Waals surface area contributed by atoms with Crippen LogP contribution in [0.25, 0.3) is 0 Å². The van der Waals surface area contributed by atoms with Crippen LogP contribution in [0.15, 0.2) is 0 Å². The molecule has 6 nitrogen and oxygen atoms in total. The molecule has 0 bridgehead atoms. The molecule has 0 aliphatic heterocycles. The molecule has 0 aliphatic rings. The second kappa shape index (κ2) is 7.19. The summed E-state index contributed by atoms with van der Waals surface area (Å²) in [6.07, 6.45) is -0.228. The quantitative estimate of drug-likeness (QED) is 0.588. The standard InChI is InChI=1S/C9H18N2O4/c1-3-11(6-9(13)14)8(12)4-7(5-10)15-2/h7H,3-6,10H2,1-2H3,(H,13,14). The predicted molar refractivity (Wildman–Crippen MR) is 54.4 cm³/mol. The summed E-state index contributed by atoms with van der Waals surface area (Å²) >= 11 is 0. The SMILES string of the molecule is CCN(CC(=O)O)C(=O)CC(CN)OC. The zero-order valence-electron chi connectivity index (χ0n) is 9.10. The zero-order valence-corrected chi connectivity index (χ0v) is 9.10. The van der Waals surface area contributed by atoms with Crippen LogP contribution in [0.1, 0.15) is 13.3 Å². The molecule has 88 valence electrons. The highest BCUT2D eigenvalue weighted by Crippen LogP contribution is 2.00. The highest BCUT2D eigenvalue weighted by molar-refractivity contribution is 5.81. The lowest BCUT2D eigenvalue weighted by atomic mass is 10.2. The van der Waals surface area contributed by atoms with Gasteiger partial charge in [-0.2, -0.15) is 0 Å². The number of rotatable bonds is 7. The third-order valence-corrected chi connectivity index (χ3v) is 2.06. The van der Waals surface area contributed by atoms with Crippen LogP contribution in [-0.2, 0) is 14.3 Å². The van der Waals surface area contributed by atoms with Gasteiger partial charge in [0, 0.05) is 20.2 Å². The van der Waals surface area contributed by atoms with Crippen LogP contribution >= 0.6 is 0 Å². The summed E-state index contributed by atoms with van der Waals surface area (Å²) in [5.74, 6) is -1.27. The van der Waals surface area contributed by atoms with Crippen LogP contribution in [0.5, 0.6) is 0 Å². The van der Waals surface area contributed by atoms with E-state index in [0.717, 1.165) is 0 Å². The number of amides is 1. The van der Waals surface area contributed by atoms with Gasteiger partial charge in [-0.1, -0.05) is 0 Å². The van der Waals surface area contributed by atoms with Gasteiger partial charge in [0.1, 0.15) is 6.54 Å². The number of nitrogens with zero attached hydrogens (tertiary/aromatic N) is 1. The van der Waals surface area contributed by atoms with E-state index >= 15 is 0 Å². The Balaban J connectivity index is 4.19. The van der Waals surface area contributed by atoms with Crippen molar-refractivity contribution in [3.8, 4) is 0 Å². The number of hydrogen-bond donors (Lipinski definition) is 2. The zero-order chi connectivity index (χ0) is 11.8. The minimum Gasteiger partial charge on any atom is -0.480 e. The van der Waals surface area contributed by atoms with Gasteiger partial charge in [-0.15, -0.1) is 0 Å². The molecule has 0 aliphatic carbocycles. The number of ether oxygens (including phenoxy) is 1. The molecule has 0 spiro atoms. The van der Waals surface area contributed by atoms with Crippen LogP contribution in [0.3, 0.4) is 0 Å². The number of nitrogens with two attached hydrogens (primary N) is 1. The topological polar surface area (TPSA) is 92.9 Å². The highest BCUT2D eigenvalue weighted by Gasteiger charge is 2.18. The Labute approximate surface area is 89.0 Å². The van der Waals surface area contributed by atoms with E-state index in [1.165, 1.54) is 12.0 Å². The minimum atomic E-state index is -1.02. The second-order valence-electron chi connectivity index (χ2n) is 3.10. The van der Waals surface area contributed by atoms with Crippen LogP contribution < -0.4 is 5.73 Å². The molecule has 0 heterocycles. The number of carboxylic acid groups (broad SMARTS) is 1. The molecular weight excluding hydrogens is 200 g/mol. The molecule has 0 saturated carbocycles. The van der Waals surface area contributed by atoms with Crippen molar-refractivity contribution in [3.63, 3.8) is 0 Å². The Morgan fingerprint density at radius 2 is 2.13 bits per heavy atom. The van der Waals surface area contributed by atoms with Gasteiger partial charge in [-0.05, 0) is 6.92 Å². The maximum atomic E-state index is 11.6. The van der Waals surface area contributed by atoms with Gasteiger partial charge in [0.05, 0.1) is 12.5 Å². The summed E-state index contributed by atoms with van der Waals surface area (Å²) in [7, 11) is 1.47. The number of aliphatic carboxylic acids is 1. The molecule has 1 unspecified atom stereocenters. The molecule has 0 saturated heterocycles. The third kappa shape index (κ3) is 5.34. The molecule has 0 radical (unpaired) electrons. The van der Waals surface area contributed by atoms with E-state index in [1.807, 2.05) is 0 Å². The Bertz CT molecular complexity index is 216. The minimum absolute atomic E-state index is 0.119. The number of hydrogen-bond acceptors (Lipinski definition) is 4. The van der Waals surface area contributed by atoms with E-state index in [1.54, 1.807) is 6.92 Å². The fraction of sp³-hybridized carbons (Fsp3) is 0.778. The van der Waals surface area contributed by atoms with E-state index < -0.39 is 5.97 Å². The monoisotopic (exact) mass is 218 g/mol. The smallest absolute Gasteiger partial charge is 0.323 e. The number of carbonyl (C=O) groups is 2. The molecule has 0 aromatic rings. The van der Waals surface area contributed by atoms with Gasteiger partial charge >= 0.3 is 5.97 Å². The van der Waals surface area contributed by atoms with Gasteiger partial charge in [0.25, 0.3) is 0 Å². The molecule has 15 heavy (non-hydrogen) atoms. The summed E-state index contributed by atoms with van der Waals surface area (Å²) in [4.78, 5) is 23.3. The van der Waals surface area contributed by atoms with Crippen molar-refractivity contribution >= 4 is 11.9 Å². The maximum absolute atomic E-state index is 11.6. The van der Waals surface area contributed by atoms with Crippen LogP contribution in [-0.4, -0.2) is 54.7 Å². The van der Waals surface area contributed by atoms with Crippen molar-refractivity contribution in [3.05, 3.63) is 0 Å². The van der Waals surface area contributed by atoms with Crippen LogP contribution in [0.2, 0.25) is 0 Å². The van der Waals surface area contributed by atoms with Crippen LogP contribution in [0, 0.1) is 0 Å². The van der Waals surface area contributed by atoms with E-state index in [0.29, 0.717) is 6.54 Å². The van der Waals surface area contributed by atoms with E-state index in [-0.39, 0.29) is 31.5 Å². The summed E-state index contributed by atoms with van der Waals surface area (Å²) < 4.78 is 4.95. The lowest BCUT2D eigenvalue weighted by molar-refractivity contribution is -0.145. The van der Waals surface area contributed by atoms with Gasteiger partial charge in [-0.3, -0.25) is 9.59 Å². The van der Waals surface area contributed by atoms with Crippen LogP contribution in [0.4, 0.5) is 0 Å². The van der Waals surface area contributed by atoms with E-state index in [2.05, 4.69) is 0 Å². The third-order valence-electron chi connectivity index (χ3n) is 2.06. The maximum Gasteiger partial charge on any atom is 0.323 e. The number of carbonyl (C=O) groups excluding carboxylic acids is 1. The molecule has 3 N–H and O–H groups in total. The second-order valence-corrected chi connectivity index (χ2v) is 3.10. The Hall–Kier alpha value is -1.14. The lowest BCUT2D eigenvalue weighted by Crippen LogP contribution is -2.38. The first kappa shape index (κ1) is 13.9. The van der Waals surface area contributed by atoms with Crippen molar-refractivity contribution in [2.75, 3.05) is 26.7 Å². The van der Waals surface area contributed by atoms with Crippen molar-refractivity contribution in [2.24, 2.45) is 5.73 Å². The molecular formula is C9H18N2O4. The summed E-state index contributed by atoms with van der Waals surface area (Å²) in [5, 5.41) is 8.56. The fourth-order valence-electron chi connectivity index (χ4n) is 1.13. The van der Waals surface area contributed by atoms with Crippen molar-refractivity contribution in [1.29, 1.82) is 0 Å². The predicted octanol–water partition coefficient (Wildman–Crippen LogP) is -0.717. The van der Waals surface area contributed by atoms with Gasteiger partial charge < -0.3 is 20.5 Å². The Morgan fingerprint density at radius 3 is 2.47 bits per heavy atom. The number of carboxylic acids is 1. The molecule has 0 aromatic carbocycles. The summed E-state index contributed by atoms with van der Waals surface area (Å²) in [5.41, 5.74) is 5.36. The fourth-order valence-corrected chi connectivity index (χ4v) is 1.13. The number of likely N-dealkylation sites (N-methyl/N-ethyl adjacent to an activating group) is 1. The molecule has 6 heteroatoms. The van der Waals surface area contributed by atoms with Crippen molar-refractivity contribution in [1.82, 2.24) is 4.90 Å². The molecule has 0 aromatic heterocycles. The van der Waals surface area contributed by atoms with Crippen molar-refractivity contribution in [2.45, 2.75) is 19.4 Å². The van der Waals surface area contributed by atoms with Gasteiger partial charge in [-0.25, -0.2) is 0 Å². The Morgan fingerprint density at radius 1 is 1.53 bits per heavy atom. The first-order valence-corrected chi connectivity index (χ1v) is 4.77. The lowest BCUT2D eigenvalue weighted by Gasteiger charge is -2.21. The average Bonchev–Trinajstić information content (AvgIpc) is 2.21. The normalized spacial score (nSPS) is 12.2. The highest BCUT2D eigenvalue weighted by atomic mass is 16.5. The molecule has 1 amide bonds. The average molecular weight is 218 g/mol. The molecule has 1 atom stereocenters. The molecule has 0 fully saturated rings. The largest absolute Gasteiger partial charge is 0.480 e. The first-order chi connectivity index (χ1) is 7.04. The first-order valence-electron chi connectivity index (χ1n) is 4.77. The number of methoxy groups -OCH3 is 1.